The Morgan fingerprint density at radius 1 is 0.919 bits per heavy atom. The molecule has 188 valence electrons. The fraction of sp³-hybridized carbons (Fsp3) is 0.194. The van der Waals surface area contributed by atoms with Crippen LogP contribution in [-0.2, 0) is 4.79 Å². The SMILES string of the molecule is COc1ccc(C(=O)CSC(=S)N2C/C(=C\c3cccc(C)c3)C(=O)/C(=C/c3cccc(C)c3)C2)cc1. The Bertz CT molecular complexity index is 1320. The van der Waals surface area contributed by atoms with Crippen LogP contribution >= 0.6 is 24.0 Å². The van der Waals surface area contributed by atoms with Gasteiger partial charge in [-0.05, 0) is 61.4 Å². The Morgan fingerprint density at radius 3 is 1.95 bits per heavy atom. The Labute approximate surface area is 228 Å². The summed E-state index contributed by atoms with van der Waals surface area (Å²) in [6.45, 7) is 4.87. The number of ether oxygens (including phenoxy) is 1. The van der Waals surface area contributed by atoms with Gasteiger partial charge in [-0.15, -0.1) is 0 Å². The minimum atomic E-state index is -0.00542. The summed E-state index contributed by atoms with van der Waals surface area (Å²) in [5, 5.41) is 0. The van der Waals surface area contributed by atoms with E-state index >= 15 is 0 Å². The molecule has 0 aliphatic carbocycles. The molecule has 0 amide bonds. The summed E-state index contributed by atoms with van der Waals surface area (Å²) in [4.78, 5) is 28.2. The Morgan fingerprint density at radius 2 is 1.46 bits per heavy atom. The molecule has 0 spiro atoms. The van der Waals surface area contributed by atoms with Crippen molar-refractivity contribution < 1.29 is 14.3 Å². The quantitative estimate of drug-likeness (QED) is 0.205. The molecule has 1 saturated heterocycles. The standard InChI is InChI=1S/C31H29NO3S2/c1-21-6-4-8-23(14-21)16-26-18-32(19-27(30(26)34)17-24-9-5-7-22(2)15-24)31(36)37-20-29(33)25-10-12-28(35-3)13-11-25/h4-17H,18-20H2,1-3H3/b26-16+,27-17+. The summed E-state index contributed by atoms with van der Waals surface area (Å²) in [5.74, 6) is 0.956. The average molecular weight is 528 g/mol. The van der Waals surface area contributed by atoms with Crippen molar-refractivity contribution in [2.45, 2.75) is 13.8 Å². The largest absolute Gasteiger partial charge is 0.497 e. The predicted molar refractivity (Wildman–Crippen MR) is 157 cm³/mol. The summed E-state index contributed by atoms with van der Waals surface area (Å²) in [6, 6.07) is 23.2. The molecular formula is C31H29NO3S2. The van der Waals surface area contributed by atoms with Crippen molar-refractivity contribution in [3.8, 4) is 5.75 Å². The lowest BCUT2D eigenvalue weighted by molar-refractivity contribution is -0.113. The third kappa shape index (κ3) is 7.06. The zero-order valence-electron chi connectivity index (χ0n) is 21.2. The molecule has 0 saturated carbocycles. The molecule has 1 aliphatic rings. The Kier molecular flexibility index (Phi) is 8.74. The van der Waals surface area contributed by atoms with Gasteiger partial charge in [-0.25, -0.2) is 0 Å². The monoisotopic (exact) mass is 527 g/mol. The number of aryl methyl sites for hydroxylation is 2. The number of ketones is 2. The highest BCUT2D eigenvalue weighted by Crippen LogP contribution is 2.26. The predicted octanol–water partition coefficient (Wildman–Crippen LogP) is 6.56. The second-order valence-electron chi connectivity index (χ2n) is 9.06. The number of benzene rings is 3. The molecule has 0 aromatic heterocycles. The van der Waals surface area contributed by atoms with Crippen molar-refractivity contribution in [3.63, 3.8) is 0 Å². The number of nitrogens with zero attached hydrogens (tertiary/aromatic N) is 1. The van der Waals surface area contributed by atoms with Crippen molar-refractivity contribution in [1.29, 1.82) is 0 Å². The normalized spacial score (nSPS) is 15.8. The fourth-order valence-electron chi connectivity index (χ4n) is 4.17. The molecule has 0 N–H and O–H groups in total. The molecular weight excluding hydrogens is 498 g/mol. The van der Waals surface area contributed by atoms with Gasteiger partial charge >= 0.3 is 0 Å². The molecule has 0 unspecified atom stereocenters. The van der Waals surface area contributed by atoms with Crippen molar-refractivity contribution in [2.75, 3.05) is 26.0 Å². The topological polar surface area (TPSA) is 46.6 Å². The van der Waals surface area contributed by atoms with Crippen LogP contribution in [0.2, 0.25) is 0 Å². The molecule has 4 nitrogen and oxygen atoms in total. The van der Waals surface area contributed by atoms with Crippen LogP contribution in [0.15, 0.2) is 83.9 Å². The number of methoxy groups -OCH3 is 1. The van der Waals surface area contributed by atoms with Gasteiger partial charge in [0.2, 0.25) is 0 Å². The second kappa shape index (κ2) is 12.2. The van der Waals surface area contributed by atoms with E-state index in [4.69, 9.17) is 17.0 Å². The number of hydrogen-bond acceptors (Lipinski definition) is 5. The molecule has 37 heavy (non-hydrogen) atoms. The van der Waals surface area contributed by atoms with Crippen LogP contribution in [0.4, 0.5) is 0 Å². The summed E-state index contributed by atoms with van der Waals surface area (Å²) >= 11 is 7.08. The zero-order chi connectivity index (χ0) is 26.4. The lowest BCUT2D eigenvalue weighted by Gasteiger charge is -2.31. The maximum absolute atomic E-state index is 13.5. The smallest absolute Gasteiger partial charge is 0.188 e. The first-order valence-corrected chi connectivity index (χ1v) is 13.4. The third-order valence-electron chi connectivity index (χ3n) is 6.07. The number of carbonyl (C=O) groups is 2. The van der Waals surface area contributed by atoms with Gasteiger partial charge in [0.15, 0.2) is 11.6 Å². The average Bonchev–Trinajstić information content (AvgIpc) is 2.89. The van der Waals surface area contributed by atoms with Crippen molar-refractivity contribution in [1.82, 2.24) is 4.90 Å². The summed E-state index contributed by atoms with van der Waals surface area (Å²) in [6.07, 6.45) is 3.89. The molecule has 1 fully saturated rings. The fourth-order valence-corrected chi connectivity index (χ4v) is 5.21. The number of thioether (sulfide) groups is 1. The summed E-state index contributed by atoms with van der Waals surface area (Å²) < 4.78 is 5.77. The molecule has 1 aliphatic heterocycles. The van der Waals surface area contributed by atoms with Gasteiger partial charge in [0, 0.05) is 29.8 Å². The summed E-state index contributed by atoms with van der Waals surface area (Å²) in [5.41, 5.74) is 6.20. The third-order valence-corrected chi connectivity index (χ3v) is 7.59. The van der Waals surface area contributed by atoms with Gasteiger partial charge in [-0.1, -0.05) is 83.6 Å². The highest BCUT2D eigenvalue weighted by Gasteiger charge is 2.28. The molecule has 0 radical (unpaired) electrons. The molecule has 0 bridgehead atoms. The molecule has 4 rings (SSSR count). The van der Waals surface area contributed by atoms with Crippen LogP contribution in [0.5, 0.6) is 5.75 Å². The highest BCUT2D eigenvalue weighted by molar-refractivity contribution is 8.23. The van der Waals surface area contributed by atoms with Crippen LogP contribution in [0, 0.1) is 13.8 Å². The van der Waals surface area contributed by atoms with E-state index in [-0.39, 0.29) is 17.3 Å². The zero-order valence-corrected chi connectivity index (χ0v) is 22.8. The van der Waals surface area contributed by atoms with Gasteiger partial charge in [0.05, 0.1) is 12.9 Å². The van der Waals surface area contributed by atoms with Crippen LogP contribution in [0.25, 0.3) is 12.2 Å². The Balaban J connectivity index is 1.56. The molecule has 3 aromatic rings. The molecule has 1 heterocycles. The van der Waals surface area contributed by atoms with E-state index in [0.717, 1.165) is 22.3 Å². The van der Waals surface area contributed by atoms with Crippen molar-refractivity contribution in [2.24, 2.45) is 0 Å². The Hall–Kier alpha value is -3.48. The molecule has 3 aromatic carbocycles. The lowest BCUT2D eigenvalue weighted by atomic mass is 9.94. The number of likely N-dealkylation sites (tertiary alicyclic amines) is 1. The van der Waals surface area contributed by atoms with E-state index in [0.29, 0.717) is 39.9 Å². The molecule has 6 heteroatoms. The van der Waals surface area contributed by atoms with Crippen LogP contribution in [-0.4, -0.2) is 46.7 Å². The highest BCUT2D eigenvalue weighted by atomic mass is 32.2. The minimum absolute atomic E-state index is 0.00542. The second-order valence-corrected chi connectivity index (χ2v) is 10.7. The number of Topliss-reactive ketones (excluding diaryl/α,β-unsaturated/α-hetero) is 2. The van der Waals surface area contributed by atoms with E-state index in [2.05, 4.69) is 12.1 Å². The first-order chi connectivity index (χ1) is 17.8. The van der Waals surface area contributed by atoms with E-state index in [1.54, 1.807) is 31.4 Å². The van der Waals surface area contributed by atoms with E-state index in [9.17, 15) is 9.59 Å². The van der Waals surface area contributed by atoms with Gasteiger partial charge in [0.25, 0.3) is 0 Å². The maximum Gasteiger partial charge on any atom is 0.188 e. The van der Waals surface area contributed by atoms with E-state index in [1.807, 2.05) is 67.3 Å². The van der Waals surface area contributed by atoms with Crippen LogP contribution in [0.3, 0.4) is 0 Å². The number of carbonyl (C=O) groups excluding carboxylic acids is 2. The first-order valence-electron chi connectivity index (χ1n) is 12.0. The number of piperidine rings is 1. The lowest BCUT2D eigenvalue weighted by Crippen LogP contribution is -2.40. The number of thiocarbonyl (C=S) groups is 1. The first kappa shape index (κ1) is 26.6. The van der Waals surface area contributed by atoms with Crippen molar-refractivity contribution >= 4 is 52.0 Å². The number of hydrogen-bond donors (Lipinski definition) is 0. The van der Waals surface area contributed by atoms with E-state index in [1.165, 1.54) is 11.8 Å². The maximum atomic E-state index is 13.5. The van der Waals surface area contributed by atoms with Crippen LogP contribution in [0.1, 0.15) is 32.6 Å². The number of rotatable bonds is 6. The van der Waals surface area contributed by atoms with Gasteiger partial charge in [0.1, 0.15) is 10.1 Å². The van der Waals surface area contributed by atoms with Crippen molar-refractivity contribution in [3.05, 3.63) is 112 Å². The summed E-state index contributed by atoms with van der Waals surface area (Å²) in [7, 11) is 1.60. The van der Waals surface area contributed by atoms with Gasteiger partial charge in [-0.2, -0.15) is 0 Å². The minimum Gasteiger partial charge on any atom is -0.497 e. The van der Waals surface area contributed by atoms with Gasteiger partial charge < -0.3 is 9.64 Å². The molecule has 0 atom stereocenters. The van der Waals surface area contributed by atoms with Gasteiger partial charge in [-0.3, -0.25) is 9.59 Å². The van der Waals surface area contributed by atoms with Crippen LogP contribution < -0.4 is 4.74 Å². The van der Waals surface area contributed by atoms with E-state index < -0.39 is 0 Å².